The van der Waals surface area contributed by atoms with E-state index in [9.17, 15) is 4.39 Å². The average molecular weight is 371 g/mol. The monoisotopic (exact) mass is 370 g/mol. The van der Waals surface area contributed by atoms with Crippen molar-refractivity contribution in [3.05, 3.63) is 47.3 Å². The first-order valence-electron chi connectivity index (χ1n) is 11.6. The van der Waals surface area contributed by atoms with Gasteiger partial charge < -0.3 is 0 Å². The lowest BCUT2D eigenvalue weighted by Gasteiger charge is -2.30. The van der Waals surface area contributed by atoms with E-state index in [1.54, 1.807) is 17.7 Å². The number of unbranched alkanes of at least 4 members (excludes halogenated alkanes) is 1. The summed E-state index contributed by atoms with van der Waals surface area (Å²) in [5.74, 6) is 2.86. The van der Waals surface area contributed by atoms with E-state index in [4.69, 9.17) is 0 Å². The Balaban J connectivity index is 1.30. The van der Waals surface area contributed by atoms with Crippen molar-refractivity contribution in [2.75, 3.05) is 0 Å². The number of hydrogen-bond donors (Lipinski definition) is 0. The largest absolute Gasteiger partial charge is 0.207 e. The Labute approximate surface area is 166 Å². The van der Waals surface area contributed by atoms with E-state index < -0.39 is 0 Å². The van der Waals surface area contributed by atoms with Crippen LogP contribution in [0.15, 0.2) is 35.9 Å². The van der Waals surface area contributed by atoms with Crippen LogP contribution in [0.2, 0.25) is 0 Å². The number of hydrogen-bond acceptors (Lipinski definition) is 0. The van der Waals surface area contributed by atoms with Crippen molar-refractivity contribution in [2.24, 2.45) is 17.8 Å². The first kappa shape index (κ1) is 20.6. The molecule has 1 aromatic rings. The summed E-state index contributed by atoms with van der Waals surface area (Å²) >= 11 is 0. The van der Waals surface area contributed by atoms with Gasteiger partial charge in [0.25, 0.3) is 0 Å². The van der Waals surface area contributed by atoms with E-state index in [1.165, 1.54) is 82.6 Å². The summed E-state index contributed by atoms with van der Waals surface area (Å²) in [5.41, 5.74) is 2.89. The van der Waals surface area contributed by atoms with Crippen LogP contribution in [-0.2, 0) is 6.42 Å². The van der Waals surface area contributed by atoms with Crippen LogP contribution in [0, 0.1) is 23.6 Å². The highest BCUT2D eigenvalue weighted by atomic mass is 19.1. The summed E-state index contributed by atoms with van der Waals surface area (Å²) in [6.07, 6.45) is 21.9. The molecule has 1 unspecified atom stereocenters. The SMILES string of the molecule is CCCCC1CCC(CCC2CC=C(CCc3ccc(F)cc3)CC2)CC1. The van der Waals surface area contributed by atoms with Gasteiger partial charge in [-0.1, -0.05) is 82.1 Å². The van der Waals surface area contributed by atoms with Crippen molar-refractivity contribution in [1.82, 2.24) is 0 Å². The number of allylic oxidation sites excluding steroid dienone is 2. The summed E-state index contributed by atoms with van der Waals surface area (Å²) < 4.78 is 13.0. The van der Waals surface area contributed by atoms with Crippen molar-refractivity contribution in [1.29, 1.82) is 0 Å². The van der Waals surface area contributed by atoms with E-state index in [0.29, 0.717) is 0 Å². The zero-order valence-corrected chi connectivity index (χ0v) is 17.4. The Morgan fingerprint density at radius 1 is 0.815 bits per heavy atom. The molecular weight excluding hydrogens is 331 g/mol. The molecule has 150 valence electrons. The fraction of sp³-hybridized carbons (Fsp3) is 0.692. The molecule has 2 aliphatic carbocycles. The van der Waals surface area contributed by atoms with Gasteiger partial charge in [-0.15, -0.1) is 0 Å². The zero-order chi connectivity index (χ0) is 18.9. The molecule has 1 atom stereocenters. The van der Waals surface area contributed by atoms with Crippen molar-refractivity contribution in [3.8, 4) is 0 Å². The van der Waals surface area contributed by atoms with Crippen LogP contribution < -0.4 is 0 Å². The van der Waals surface area contributed by atoms with Crippen molar-refractivity contribution in [2.45, 2.75) is 96.8 Å². The Kier molecular flexibility index (Phi) is 8.42. The van der Waals surface area contributed by atoms with Gasteiger partial charge in [-0.2, -0.15) is 0 Å². The van der Waals surface area contributed by atoms with E-state index >= 15 is 0 Å². The van der Waals surface area contributed by atoms with Crippen molar-refractivity contribution >= 4 is 0 Å². The van der Waals surface area contributed by atoms with Gasteiger partial charge in [0.1, 0.15) is 5.82 Å². The third-order valence-electron chi connectivity index (χ3n) is 7.18. The Morgan fingerprint density at radius 2 is 1.48 bits per heavy atom. The van der Waals surface area contributed by atoms with Gasteiger partial charge in [0.05, 0.1) is 0 Å². The molecule has 1 saturated carbocycles. The molecule has 0 N–H and O–H groups in total. The molecular formula is C26H39F. The highest BCUT2D eigenvalue weighted by molar-refractivity contribution is 5.18. The van der Waals surface area contributed by atoms with Crippen LogP contribution in [0.3, 0.4) is 0 Å². The van der Waals surface area contributed by atoms with Gasteiger partial charge in [0.15, 0.2) is 0 Å². The standard InChI is InChI=1S/C26H39F/c1-2-3-4-21-5-7-22(8-6-21)9-10-23-11-13-24(14-12-23)15-16-25-17-19-26(27)20-18-25/h13,17-23H,2-12,14-16H2,1H3. The molecule has 1 heteroatoms. The lowest BCUT2D eigenvalue weighted by atomic mass is 9.76. The fourth-order valence-electron chi connectivity index (χ4n) is 5.16. The molecule has 0 nitrogen and oxygen atoms in total. The van der Waals surface area contributed by atoms with Crippen LogP contribution >= 0.6 is 0 Å². The lowest BCUT2D eigenvalue weighted by molar-refractivity contribution is 0.235. The maximum Gasteiger partial charge on any atom is 0.123 e. The van der Waals surface area contributed by atoms with E-state index in [1.807, 2.05) is 12.1 Å². The Bertz CT molecular complexity index is 562. The Morgan fingerprint density at radius 3 is 2.11 bits per heavy atom. The molecule has 0 radical (unpaired) electrons. The van der Waals surface area contributed by atoms with Crippen LogP contribution in [0.5, 0.6) is 0 Å². The topological polar surface area (TPSA) is 0 Å². The summed E-state index contributed by atoms with van der Waals surface area (Å²) in [6.45, 7) is 2.32. The van der Waals surface area contributed by atoms with Crippen LogP contribution in [0.25, 0.3) is 0 Å². The fourth-order valence-corrected chi connectivity index (χ4v) is 5.16. The minimum absolute atomic E-state index is 0.132. The van der Waals surface area contributed by atoms with Crippen LogP contribution in [0.4, 0.5) is 4.39 Å². The summed E-state index contributed by atoms with van der Waals surface area (Å²) in [7, 11) is 0. The maximum atomic E-state index is 13.0. The van der Waals surface area contributed by atoms with Gasteiger partial charge in [0.2, 0.25) is 0 Å². The summed E-state index contributed by atoms with van der Waals surface area (Å²) in [5, 5.41) is 0. The van der Waals surface area contributed by atoms with Gasteiger partial charge >= 0.3 is 0 Å². The second kappa shape index (κ2) is 11.0. The predicted molar refractivity (Wildman–Crippen MR) is 114 cm³/mol. The van der Waals surface area contributed by atoms with E-state index in [0.717, 1.165) is 30.6 Å². The highest BCUT2D eigenvalue weighted by Gasteiger charge is 2.22. The first-order valence-corrected chi connectivity index (χ1v) is 11.6. The molecule has 1 aromatic carbocycles. The first-order chi connectivity index (χ1) is 13.2. The normalized spacial score (nSPS) is 26.0. The second-order valence-corrected chi connectivity index (χ2v) is 9.24. The van der Waals surface area contributed by atoms with Crippen LogP contribution in [0.1, 0.15) is 96.0 Å². The van der Waals surface area contributed by atoms with Gasteiger partial charge in [-0.05, 0) is 74.0 Å². The summed E-state index contributed by atoms with van der Waals surface area (Å²) in [6, 6.07) is 7.02. The smallest absolute Gasteiger partial charge is 0.123 e. The third-order valence-corrected chi connectivity index (χ3v) is 7.18. The molecule has 27 heavy (non-hydrogen) atoms. The van der Waals surface area contributed by atoms with Crippen molar-refractivity contribution in [3.63, 3.8) is 0 Å². The van der Waals surface area contributed by atoms with E-state index in [2.05, 4.69) is 13.0 Å². The van der Waals surface area contributed by atoms with E-state index in [-0.39, 0.29) is 5.82 Å². The number of rotatable bonds is 9. The molecule has 0 aliphatic heterocycles. The number of halogens is 1. The molecule has 0 saturated heterocycles. The molecule has 0 heterocycles. The molecule has 0 bridgehead atoms. The van der Waals surface area contributed by atoms with Crippen LogP contribution in [-0.4, -0.2) is 0 Å². The molecule has 1 fully saturated rings. The summed E-state index contributed by atoms with van der Waals surface area (Å²) in [4.78, 5) is 0. The van der Waals surface area contributed by atoms with Gasteiger partial charge in [-0.25, -0.2) is 4.39 Å². The minimum Gasteiger partial charge on any atom is -0.207 e. The zero-order valence-electron chi connectivity index (χ0n) is 17.4. The molecule has 0 amide bonds. The molecule has 2 aliphatic rings. The van der Waals surface area contributed by atoms with Gasteiger partial charge in [0, 0.05) is 0 Å². The quantitative estimate of drug-likeness (QED) is 0.384. The number of benzene rings is 1. The van der Waals surface area contributed by atoms with Crippen molar-refractivity contribution < 1.29 is 4.39 Å². The molecule has 0 spiro atoms. The molecule has 0 aromatic heterocycles. The lowest BCUT2D eigenvalue weighted by Crippen LogP contribution is -2.16. The average Bonchev–Trinajstić information content (AvgIpc) is 2.72. The predicted octanol–water partition coefficient (Wildman–Crippen LogP) is 8.26. The van der Waals surface area contributed by atoms with Gasteiger partial charge in [-0.3, -0.25) is 0 Å². The highest BCUT2D eigenvalue weighted by Crippen LogP contribution is 2.37. The Hall–Kier alpha value is -1.11. The minimum atomic E-state index is -0.132. The maximum absolute atomic E-state index is 13.0. The number of aryl methyl sites for hydroxylation is 1. The molecule has 3 rings (SSSR count). The second-order valence-electron chi connectivity index (χ2n) is 9.24. The third kappa shape index (κ3) is 7.09.